The summed E-state index contributed by atoms with van der Waals surface area (Å²) in [6.07, 6.45) is 1.57. The SMILES string of the molecule is C=CCN(CC(=O)NC(=O)NC(C)(C)C)CC(=O)OCC. The highest BCUT2D eigenvalue weighted by Crippen LogP contribution is 1.97. The van der Waals surface area contributed by atoms with Gasteiger partial charge in [0.05, 0.1) is 19.7 Å². The number of esters is 1. The number of rotatable bonds is 7. The molecular formula is C14H25N3O4. The van der Waals surface area contributed by atoms with Crippen molar-refractivity contribution in [1.29, 1.82) is 0 Å². The number of hydrogen-bond donors (Lipinski definition) is 2. The molecule has 0 atom stereocenters. The lowest BCUT2D eigenvalue weighted by atomic mass is 10.1. The summed E-state index contributed by atoms with van der Waals surface area (Å²) < 4.78 is 4.82. The van der Waals surface area contributed by atoms with Gasteiger partial charge in [0.25, 0.3) is 0 Å². The van der Waals surface area contributed by atoms with Gasteiger partial charge in [-0.25, -0.2) is 4.79 Å². The van der Waals surface area contributed by atoms with E-state index in [0.717, 1.165) is 0 Å². The third kappa shape index (κ3) is 10.5. The van der Waals surface area contributed by atoms with Crippen LogP contribution in [0, 0.1) is 0 Å². The fraction of sp³-hybridized carbons (Fsp3) is 0.643. The van der Waals surface area contributed by atoms with Crippen molar-refractivity contribution in [3.8, 4) is 0 Å². The third-order valence-corrected chi connectivity index (χ3v) is 2.15. The van der Waals surface area contributed by atoms with Crippen molar-refractivity contribution in [3.63, 3.8) is 0 Å². The fourth-order valence-corrected chi connectivity index (χ4v) is 1.50. The van der Waals surface area contributed by atoms with Crippen LogP contribution in [0.25, 0.3) is 0 Å². The molecule has 7 nitrogen and oxygen atoms in total. The van der Waals surface area contributed by atoms with E-state index in [4.69, 9.17) is 4.74 Å². The Bertz CT molecular complexity index is 388. The van der Waals surface area contributed by atoms with Gasteiger partial charge in [-0.15, -0.1) is 6.58 Å². The summed E-state index contributed by atoms with van der Waals surface area (Å²) >= 11 is 0. The summed E-state index contributed by atoms with van der Waals surface area (Å²) in [6, 6.07) is -0.567. The number of nitrogens with zero attached hydrogens (tertiary/aromatic N) is 1. The van der Waals surface area contributed by atoms with Crippen molar-refractivity contribution in [2.75, 3.05) is 26.2 Å². The molecule has 0 saturated carbocycles. The van der Waals surface area contributed by atoms with Crippen molar-refractivity contribution in [1.82, 2.24) is 15.5 Å². The first-order chi connectivity index (χ1) is 9.67. The molecular weight excluding hydrogens is 274 g/mol. The second kappa shape index (κ2) is 9.12. The van der Waals surface area contributed by atoms with E-state index in [0.29, 0.717) is 6.54 Å². The largest absolute Gasteiger partial charge is 0.465 e. The van der Waals surface area contributed by atoms with Crippen molar-refractivity contribution >= 4 is 17.9 Å². The first-order valence-corrected chi connectivity index (χ1v) is 6.78. The molecule has 0 rings (SSSR count). The van der Waals surface area contributed by atoms with Crippen LogP contribution in [0.4, 0.5) is 4.79 Å². The Morgan fingerprint density at radius 3 is 2.33 bits per heavy atom. The number of carbonyl (C=O) groups excluding carboxylic acids is 3. The van der Waals surface area contributed by atoms with Crippen LogP contribution in [0.1, 0.15) is 27.7 Å². The summed E-state index contributed by atoms with van der Waals surface area (Å²) in [5.74, 6) is -0.922. The number of hydrogen-bond acceptors (Lipinski definition) is 5. The normalized spacial score (nSPS) is 10.9. The smallest absolute Gasteiger partial charge is 0.321 e. The maximum absolute atomic E-state index is 11.8. The standard InChI is InChI=1S/C14H25N3O4/c1-6-8-17(10-12(19)21-7-2)9-11(18)15-13(20)16-14(3,4)5/h6H,1,7-10H2,2-5H3,(H2,15,16,18,20). The number of nitrogens with one attached hydrogen (secondary N) is 2. The number of carbonyl (C=O) groups is 3. The topological polar surface area (TPSA) is 87.7 Å². The molecule has 2 N–H and O–H groups in total. The molecule has 0 aromatic heterocycles. The van der Waals surface area contributed by atoms with Crippen molar-refractivity contribution in [3.05, 3.63) is 12.7 Å². The van der Waals surface area contributed by atoms with Crippen molar-refractivity contribution in [2.45, 2.75) is 33.2 Å². The van der Waals surface area contributed by atoms with Crippen LogP contribution in [-0.4, -0.2) is 54.6 Å². The van der Waals surface area contributed by atoms with Crippen LogP contribution in [-0.2, 0) is 14.3 Å². The Morgan fingerprint density at radius 1 is 1.24 bits per heavy atom. The molecule has 21 heavy (non-hydrogen) atoms. The lowest BCUT2D eigenvalue weighted by Crippen LogP contribution is -2.50. The monoisotopic (exact) mass is 299 g/mol. The predicted octanol–water partition coefficient (Wildman–Crippen LogP) is 0.662. The van der Waals surface area contributed by atoms with E-state index in [-0.39, 0.29) is 19.7 Å². The van der Waals surface area contributed by atoms with Crippen LogP contribution in [0.3, 0.4) is 0 Å². The van der Waals surface area contributed by atoms with Crippen LogP contribution in [0.5, 0.6) is 0 Å². The van der Waals surface area contributed by atoms with E-state index >= 15 is 0 Å². The summed E-state index contributed by atoms with van der Waals surface area (Å²) in [5.41, 5.74) is -0.434. The van der Waals surface area contributed by atoms with E-state index in [1.54, 1.807) is 13.0 Å². The zero-order valence-electron chi connectivity index (χ0n) is 13.2. The maximum Gasteiger partial charge on any atom is 0.321 e. The highest BCUT2D eigenvalue weighted by atomic mass is 16.5. The summed E-state index contributed by atoms with van der Waals surface area (Å²) in [7, 11) is 0. The summed E-state index contributed by atoms with van der Waals surface area (Å²) in [5, 5.41) is 4.83. The molecule has 0 spiro atoms. The Kier molecular flexibility index (Phi) is 8.30. The fourth-order valence-electron chi connectivity index (χ4n) is 1.50. The minimum Gasteiger partial charge on any atom is -0.465 e. The quantitative estimate of drug-likeness (QED) is 0.533. The molecule has 7 heteroatoms. The Hall–Kier alpha value is -1.89. The summed E-state index contributed by atoms with van der Waals surface area (Å²) in [6.45, 7) is 11.2. The van der Waals surface area contributed by atoms with E-state index in [2.05, 4.69) is 17.2 Å². The lowest BCUT2D eigenvalue weighted by molar-refractivity contribution is -0.144. The summed E-state index contributed by atoms with van der Waals surface area (Å²) in [4.78, 5) is 36.3. The van der Waals surface area contributed by atoms with Gasteiger partial charge in [-0.2, -0.15) is 0 Å². The molecule has 0 radical (unpaired) electrons. The maximum atomic E-state index is 11.8. The average Bonchev–Trinajstić information content (AvgIpc) is 2.25. The molecule has 0 aromatic carbocycles. The molecule has 3 amide bonds. The van der Waals surface area contributed by atoms with E-state index in [1.165, 1.54) is 4.90 Å². The van der Waals surface area contributed by atoms with Gasteiger partial charge in [-0.3, -0.25) is 19.8 Å². The van der Waals surface area contributed by atoms with Crippen LogP contribution < -0.4 is 10.6 Å². The molecule has 0 aliphatic rings. The van der Waals surface area contributed by atoms with E-state index in [9.17, 15) is 14.4 Å². The highest BCUT2D eigenvalue weighted by molar-refractivity contribution is 5.95. The minimum absolute atomic E-state index is 0.0336. The second-order valence-corrected chi connectivity index (χ2v) is 5.52. The average molecular weight is 299 g/mol. The zero-order valence-corrected chi connectivity index (χ0v) is 13.2. The molecule has 0 bridgehead atoms. The van der Waals surface area contributed by atoms with Crippen LogP contribution in [0.15, 0.2) is 12.7 Å². The number of imide groups is 1. The lowest BCUT2D eigenvalue weighted by Gasteiger charge is -2.22. The van der Waals surface area contributed by atoms with Crippen molar-refractivity contribution < 1.29 is 19.1 Å². The Morgan fingerprint density at radius 2 is 1.86 bits per heavy atom. The molecule has 0 heterocycles. The first kappa shape index (κ1) is 19.1. The van der Waals surface area contributed by atoms with Gasteiger partial charge in [0.1, 0.15) is 0 Å². The number of urea groups is 1. The number of ether oxygens (including phenoxy) is 1. The van der Waals surface area contributed by atoms with E-state index < -0.39 is 23.4 Å². The van der Waals surface area contributed by atoms with Gasteiger partial charge in [0.15, 0.2) is 0 Å². The third-order valence-electron chi connectivity index (χ3n) is 2.15. The van der Waals surface area contributed by atoms with Gasteiger partial charge in [-0.05, 0) is 27.7 Å². The van der Waals surface area contributed by atoms with Gasteiger partial charge >= 0.3 is 12.0 Å². The first-order valence-electron chi connectivity index (χ1n) is 6.78. The zero-order chi connectivity index (χ0) is 16.5. The molecule has 0 aliphatic carbocycles. The van der Waals surface area contributed by atoms with Gasteiger partial charge in [-0.1, -0.05) is 6.08 Å². The molecule has 0 unspecified atom stereocenters. The minimum atomic E-state index is -0.567. The molecule has 120 valence electrons. The molecule has 0 fully saturated rings. The van der Waals surface area contributed by atoms with Crippen LogP contribution in [0.2, 0.25) is 0 Å². The molecule has 0 aliphatic heterocycles. The molecule has 0 saturated heterocycles. The molecule has 0 aromatic rings. The van der Waals surface area contributed by atoms with E-state index in [1.807, 2.05) is 20.8 Å². The number of amides is 3. The predicted molar refractivity (Wildman–Crippen MR) is 79.7 cm³/mol. The van der Waals surface area contributed by atoms with Gasteiger partial charge in [0, 0.05) is 12.1 Å². The van der Waals surface area contributed by atoms with Crippen LogP contribution >= 0.6 is 0 Å². The van der Waals surface area contributed by atoms with Gasteiger partial charge < -0.3 is 10.1 Å². The van der Waals surface area contributed by atoms with Crippen molar-refractivity contribution in [2.24, 2.45) is 0 Å². The second-order valence-electron chi connectivity index (χ2n) is 5.52. The Labute approximate surface area is 125 Å². The highest BCUT2D eigenvalue weighted by Gasteiger charge is 2.18. The van der Waals surface area contributed by atoms with Gasteiger partial charge in [0.2, 0.25) is 5.91 Å². The Balaban J connectivity index is 4.37.